The van der Waals surface area contributed by atoms with Crippen molar-refractivity contribution < 1.29 is 75.4 Å². The first-order valence-electron chi connectivity index (χ1n) is 27.2. The van der Waals surface area contributed by atoms with E-state index in [0.29, 0.717) is 148 Å². The van der Waals surface area contributed by atoms with Crippen LogP contribution in [-0.4, -0.2) is 203 Å². The Hall–Kier alpha value is -6.58. The molecule has 4 N–H and O–H groups in total. The van der Waals surface area contributed by atoms with Gasteiger partial charge in [-0.25, -0.2) is 8.78 Å². The van der Waals surface area contributed by atoms with Crippen molar-refractivity contribution >= 4 is 46.8 Å². The molecule has 4 aromatic rings. The van der Waals surface area contributed by atoms with Gasteiger partial charge in [0.2, 0.25) is 17.7 Å². The van der Waals surface area contributed by atoms with Crippen LogP contribution >= 0.6 is 0 Å². The number of nitrogens with one attached hydrogen (secondary N) is 4. The highest BCUT2D eigenvalue weighted by atomic mass is 19.3. The summed E-state index contributed by atoms with van der Waals surface area (Å²) in [4.78, 5) is 79.3. The third kappa shape index (κ3) is 13.6. The molecule has 3 aliphatic heterocycles. The highest BCUT2D eigenvalue weighted by molar-refractivity contribution is 6.25. The van der Waals surface area contributed by atoms with Gasteiger partial charge in [-0.15, -0.1) is 0 Å². The molecule has 2 saturated heterocycles. The summed E-state index contributed by atoms with van der Waals surface area (Å²) in [5.41, 5.74) is 2.04. The van der Waals surface area contributed by atoms with Gasteiger partial charge in [0.1, 0.15) is 6.04 Å². The Balaban J connectivity index is 0.526. The molecule has 0 radical (unpaired) electrons. The number of ether oxygens (including phenoxy) is 8. The summed E-state index contributed by atoms with van der Waals surface area (Å²) in [6.45, 7) is 9.04. The maximum Gasteiger partial charge on any atom is 0.276 e. The van der Waals surface area contributed by atoms with E-state index in [1.807, 2.05) is 30.3 Å². The summed E-state index contributed by atoms with van der Waals surface area (Å²) in [5, 5.41) is 19.7. The van der Waals surface area contributed by atoms with Crippen LogP contribution in [0.15, 0.2) is 60.9 Å². The Bertz CT molecular complexity index is 2790. The molecule has 2 aromatic heterocycles. The third-order valence-corrected chi connectivity index (χ3v) is 15.0. The molecule has 5 heterocycles. The van der Waals surface area contributed by atoms with E-state index in [1.165, 1.54) is 6.20 Å². The summed E-state index contributed by atoms with van der Waals surface area (Å²) < 4.78 is 76.2. The lowest BCUT2D eigenvalue weighted by atomic mass is 9.51. The zero-order valence-corrected chi connectivity index (χ0v) is 44.8. The molecule has 432 valence electrons. The lowest BCUT2D eigenvalue weighted by molar-refractivity contribution is -0.221. The number of amides is 6. The topological polar surface area (TPSA) is 265 Å². The number of piperidine rings is 1. The molecule has 6 amide bonds. The van der Waals surface area contributed by atoms with Gasteiger partial charge in [-0.3, -0.25) is 48.8 Å². The number of carbonyl (C=O) groups is 6. The SMILES string of the molecule is C[C@@]12Cc3[nH]nc(C(=O)Nc4cnn([C@H](c5ccccc5)C5CN(C(=O)CCOCCOCCOCCOCCOCCOCCOCCOCCNc6cccc7c6C(=O)N(C6CCC(=O)NC6=O)C7=O)C5)c4)c3[C@@H](C1)C2(F)F. The lowest BCUT2D eigenvalue weighted by Crippen LogP contribution is -2.59. The second-order valence-corrected chi connectivity index (χ2v) is 20.4. The van der Waals surface area contributed by atoms with Gasteiger partial charge >= 0.3 is 0 Å². The van der Waals surface area contributed by atoms with E-state index in [-0.39, 0.29) is 67.0 Å². The van der Waals surface area contributed by atoms with Gasteiger partial charge in [-0.05, 0) is 30.5 Å². The molecule has 3 fully saturated rings. The fraction of sp³-hybridized carbons (Fsp3) is 0.564. The molecule has 80 heavy (non-hydrogen) atoms. The number of aromatic nitrogens is 4. The zero-order valence-electron chi connectivity index (χ0n) is 44.8. The molecule has 25 heteroatoms. The number of carbonyl (C=O) groups excluding carboxylic acids is 6. The normalized spacial score (nSPS) is 20.5. The maximum atomic E-state index is 15.0. The smallest absolute Gasteiger partial charge is 0.276 e. The monoisotopic (exact) mass is 1120 g/mol. The second-order valence-electron chi connectivity index (χ2n) is 20.4. The van der Waals surface area contributed by atoms with Gasteiger partial charge in [0.15, 0.2) is 5.69 Å². The number of benzene rings is 2. The standard InChI is InChI=1S/C55H69F2N9O14/c1-54-30-40(55(54,56)57)47-42(31-54)62-63-48(47)51(70)60-38-32-59-65(35-38)49(36-6-3-2-4-7-36)37-33-64(34-37)45(68)12-14-73-16-18-75-20-22-77-24-26-79-28-29-80-27-25-78-23-21-76-19-17-74-15-13-58-41-9-5-8-39-46(41)53(72)66(52(39)71)43-10-11-44(67)61-50(43)69/h2-9,32,35,37,40,43,49,58H,10-31,33-34H2,1H3,(H,60,70)(H,62,63)(H,61,67,69)/t40-,43?,49-,54+/m1/s1. The number of likely N-dealkylation sites (tertiary alicyclic amines) is 1. The first-order chi connectivity index (χ1) is 38.8. The van der Waals surface area contributed by atoms with Crippen molar-refractivity contribution in [3.8, 4) is 0 Å². The first kappa shape index (κ1) is 58.1. The number of alkyl halides is 2. The van der Waals surface area contributed by atoms with Crippen molar-refractivity contribution in [3.05, 3.63) is 94.6 Å². The second kappa shape index (κ2) is 27.3. The molecule has 1 saturated carbocycles. The number of hydrogen-bond donors (Lipinski definition) is 4. The molecule has 3 aliphatic carbocycles. The Morgan fingerprint density at radius 2 is 1.36 bits per heavy atom. The number of rotatable bonds is 34. The number of fused-ring (bicyclic) bond motifs is 1. The average molecular weight is 1120 g/mol. The summed E-state index contributed by atoms with van der Waals surface area (Å²) in [6.07, 6.45) is 4.09. The molecule has 2 bridgehead atoms. The quantitative estimate of drug-likeness (QED) is 0.0384. The van der Waals surface area contributed by atoms with Gasteiger partial charge in [0.05, 0.1) is 147 Å². The Morgan fingerprint density at radius 3 is 1.96 bits per heavy atom. The summed E-state index contributed by atoms with van der Waals surface area (Å²) >= 11 is 0. The van der Waals surface area contributed by atoms with Crippen LogP contribution in [0.25, 0.3) is 0 Å². The molecule has 1 unspecified atom stereocenters. The largest absolute Gasteiger partial charge is 0.382 e. The average Bonchev–Trinajstić information content (AvgIpc) is 4.22. The minimum Gasteiger partial charge on any atom is -0.382 e. The van der Waals surface area contributed by atoms with Gasteiger partial charge in [0.25, 0.3) is 23.6 Å². The van der Waals surface area contributed by atoms with Crippen LogP contribution in [0.1, 0.15) is 92.6 Å². The highest BCUT2D eigenvalue weighted by Crippen LogP contribution is 2.67. The minimum atomic E-state index is -2.89. The molecule has 23 nitrogen and oxygen atoms in total. The number of H-pyrrole nitrogens is 1. The van der Waals surface area contributed by atoms with Gasteiger partial charge in [-0.1, -0.05) is 43.3 Å². The van der Waals surface area contributed by atoms with E-state index in [2.05, 4.69) is 31.2 Å². The van der Waals surface area contributed by atoms with Crippen LogP contribution in [0.5, 0.6) is 0 Å². The van der Waals surface area contributed by atoms with Crippen LogP contribution in [-0.2, 0) is 58.7 Å². The lowest BCUT2D eigenvalue weighted by Gasteiger charge is -2.56. The summed E-state index contributed by atoms with van der Waals surface area (Å²) in [5.74, 6) is -6.67. The molecule has 4 atom stereocenters. The Kier molecular flexibility index (Phi) is 19.8. The Labute approximate surface area is 460 Å². The molecule has 0 spiro atoms. The molecule has 6 aliphatic rings. The first-order valence-corrected chi connectivity index (χ1v) is 27.2. The molecule has 2 aromatic carbocycles. The van der Waals surface area contributed by atoms with Crippen molar-refractivity contribution in [3.63, 3.8) is 0 Å². The van der Waals surface area contributed by atoms with Crippen molar-refractivity contribution in [2.24, 2.45) is 11.3 Å². The molecular formula is C55H69F2N9O14. The third-order valence-electron chi connectivity index (χ3n) is 15.0. The van der Waals surface area contributed by atoms with Crippen LogP contribution in [0, 0.1) is 11.3 Å². The van der Waals surface area contributed by atoms with Crippen LogP contribution in [0.2, 0.25) is 0 Å². The molecule has 10 rings (SSSR count). The van der Waals surface area contributed by atoms with E-state index in [1.54, 1.807) is 40.9 Å². The van der Waals surface area contributed by atoms with Crippen molar-refractivity contribution in [1.29, 1.82) is 0 Å². The fourth-order valence-electron chi connectivity index (χ4n) is 10.8. The number of hydrogen-bond acceptors (Lipinski definition) is 17. The van der Waals surface area contributed by atoms with E-state index in [0.717, 1.165) is 10.5 Å². The van der Waals surface area contributed by atoms with Crippen LogP contribution < -0.4 is 16.0 Å². The van der Waals surface area contributed by atoms with E-state index in [4.69, 9.17) is 37.9 Å². The van der Waals surface area contributed by atoms with Crippen molar-refractivity contribution in [2.75, 3.05) is 136 Å². The number of aromatic amines is 1. The van der Waals surface area contributed by atoms with Crippen LogP contribution in [0.4, 0.5) is 20.2 Å². The van der Waals surface area contributed by atoms with Gasteiger partial charge < -0.3 is 53.4 Å². The number of nitrogens with zero attached hydrogens (tertiary/aromatic N) is 5. The van der Waals surface area contributed by atoms with Crippen molar-refractivity contribution in [2.45, 2.75) is 63.0 Å². The predicted molar refractivity (Wildman–Crippen MR) is 280 cm³/mol. The number of anilines is 2. The van der Waals surface area contributed by atoms with E-state index >= 15 is 0 Å². The Morgan fingerprint density at radius 1 is 0.762 bits per heavy atom. The van der Waals surface area contributed by atoms with Gasteiger partial charge in [-0.2, -0.15) is 10.2 Å². The van der Waals surface area contributed by atoms with E-state index in [9.17, 15) is 37.5 Å². The van der Waals surface area contributed by atoms with Crippen LogP contribution in [0.3, 0.4) is 0 Å². The summed E-state index contributed by atoms with van der Waals surface area (Å²) in [6, 6.07) is 13.5. The fourth-order valence-corrected chi connectivity index (χ4v) is 10.8. The number of halogens is 2. The predicted octanol–water partition coefficient (Wildman–Crippen LogP) is 3.63. The van der Waals surface area contributed by atoms with Crippen molar-refractivity contribution in [1.82, 2.24) is 35.1 Å². The van der Waals surface area contributed by atoms with E-state index < -0.39 is 52.8 Å². The number of imide groups is 2. The molecular weight excluding hydrogens is 1050 g/mol. The maximum absolute atomic E-state index is 15.0. The zero-order chi connectivity index (χ0) is 56.1. The minimum absolute atomic E-state index is 0.0117. The summed E-state index contributed by atoms with van der Waals surface area (Å²) in [7, 11) is 0. The highest BCUT2D eigenvalue weighted by Gasteiger charge is 2.70. The van der Waals surface area contributed by atoms with Gasteiger partial charge in [0, 0.05) is 67.0 Å².